The molecule has 0 saturated carbocycles. The molecule has 0 aliphatic rings. The number of nitrogens with zero attached hydrogens (tertiary/aromatic N) is 4. The minimum atomic E-state index is -0.315. The monoisotopic (exact) mass is 353 g/mol. The zero-order chi connectivity index (χ0) is 17.2. The molecular formula is C17H12FN5OS. The second-order valence-corrected chi connectivity index (χ2v) is 6.42. The first-order valence-electron chi connectivity index (χ1n) is 7.48. The average Bonchev–Trinajstić information content (AvgIpc) is 3.27. The molecule has 25 heavy (non-hydrogen) atoms. The molecule has 0 aliphatic carbocycles. The van der Waals surface area contributed by atoms with Crippen LogP contribution in [0.4, 0.5) is 4.39 Å². The molecule has 6 nitrogen and oxygen atoms in total. The molecule has 1 amide bonds. The molecule has 3 aromatic heterocycles. The fourth-order valence-electron chi connectivity index (χ4n) is 2.39. The van der Waals surface area contributed by atoms with Gasteiger partial charge >= 0.3 is 0 Å². The summed E-state index contributed by atoms with van der Waals surface area (Å²) in [5, 5.41) is 11.6. The van der Waals surface area contributed by atoms with E-state index in [1.807, 2.05) is 12.1 Å². The van der Waals surface area contributed by atoms with Crippen molar-refractivity contribution in [2.75, 3.05) is 0 Å². The number of benzene rings is 1. The number of aromatic nitrogens is 4. The predicted molar refractivity (Wildman–Crippen MR) is 92.1 cm³/mol. The first-order valence-corrected chi connectivity index (χ1v) is 8.29. The van der Waals surface area contributed by atoms with Gasteiger partial charge < -0.3 is 5.32 Å². The van der Waals surface area contributed by atoms with Crippen molar-refractivity contribution < 1.29 is 9.18 Å². The lowest BCUT2D eigenvalue weighted by atomic mass is 10.2. The molecule has 8 heteroatoms. The van der Waals surface area contributed by atoms with Gasteiger partial charge in [-0.05, 0) is 41.8 Å². The smallest absolute Gasteiger partial charge is 0.261 e. The Morgan fingerprint density at radius 3 is 2.88 bits per heavy atom. The lowest BCUT2D eigenvalue weighted by Crippen LogP contribution is -2.21. The van der Waals surface area contributed by atoms with E-state index in [4.69, 9.17) is 0 Å². The highest BCUT2D eigenvalue weighted by Crippen LogP contribution is 2.26. The lowest BCUT2D eigenvalue weighted by molar-refractivity contribution is 0.0954. The Labute approximate surface area is 145 Å². The number of hydrogen-bond donors (Lipinski definition) is 1. The maximum atomic E-state index is 13.2. The summed E-state index contributed by atoms with van der Waals surface area (Å²) < 4.78 is 15.7. The van der Waals surface area contributed by atoms with E-state index in [1.54, 1.807) is 35.4 Å². The van der Waals surface area contributed by atoms with Gasteiger partial charge in [0.1, 0.15) is 11.5 Å². The molecule has 0 atom stereocenters. The molecule has 0 unspecified atom stereocenters. The summed E-state index contributed by atoms with van der Waals surface area (Å²) in [6, 6.07) is 9.79. The van der Waals surface area contributed by atoms with Crippen LogP contribution in [0.5, 0.6) is 0 Å². The summed E-state index contributed by atoms with van der Waals surface area (Å²) in [5.74, 6) is -0.537. The number of rotatable bonds is 4. The normalized spacial score (nSPS) is 10.9. The molecule has 3 heterocycles. The highest BCUT2D eigenvalue weighted by molar-refractivity contribution is 7.20. The van der Waals surface area contributed by atoms with Crippen molar-refractivity contribution in [2.45, 2.75) is 6.54 Å². The number of halogens is 1. The maximum Gasteiger partial charge on any atom is 0.261 e. The van der Waals surface area contributed by atoms with Gasteiger partial charge in [0.2, 0.25) is 0 Å². The van der Waals surface area contributed by atoms with E-state index in [0.717, 1.165) is 15.8 Å². The van der Waals surface area contributed by atoms with Crippen LogP contribution in [-0.4, -0.2) is 25.9 Å². The standard InChI is InChI=1S/C17H12FN5OS/c18-12-1-2-15-11(7-12)8-16(25-15)17(24)20-9-13-10-23(22-21-13)14-3-5-19-6-4-14/h1-8,10H,9H2,(H,20,24). The third-order valence-electron chi connectivity index (χ3n) is 3.60. The van der Waals surface area contributed by atoms with Crippen molar-refractivity contribution in [1.82, 2.24) is 25.3 Å². The van der Waals surface area contributed by atoms with Crippen LogP contribution in [-0.2, 0) is 6.54 Å². The van der Waals surface area contributed by atoms with E-state index in [1.165, 1.54) is 23.5 Å². The van der Waals surface area contributed by atoms with Crippen LogP contribution in [0.2, 0.25) is 0 Å². The zero-order valence-electron chi connectivity index (χ0n) is 12.9. The fourth-order valence-corrected chi connectivity index (χ4v) is 3.35. The van der Waals surface area contributed by atoms with E-state index >= 15 is 0 Å². The molecule has 0 saturated heterocycles. The highest BCUT2D eigenvalue weighted by atomic mass is 32.1. The molecule has 0 radical (unpaired) electrons. The van der Waals surface area contributed by atoms with Gasteiger partial charge in [-0.25, -0.2) is 9.07 Å². The lowest BCUT2D eigenvalue weighted by Gasteiger charge is -2.00. The number of carbonyl (C=O) groups is 1. The SMILES string of the molecule is O=C(NCc1cn(-c2ccncc2)nn1)c1cc2cc(F)ccc2s1. The second kappa shape index (κ2) is 6.40. The van der Waals surface area contributed by atoms with Crippen LogP contribution >= 0.6 is 11.3 Å². The predicted octanol–water partition coefficient (Wildman–Crippen LogP) is 2.95. The minimum absolute atomic E-state index is 0.222. The van der Waals surface area contributed by atoms with Gasteiger partial charge in [0, 0.05) is 17.1 Å². The van der Waals surface area contributed by atoms with Gasteiger partial charge in [-0.1, -0.05) is 5.21 Å². The maximum absolute atomic E-state index is 13.2. The first-order chi connectivity index (χ1) is 12.2. The number of amides is 1. The third-order valence-corrected chi connectivity index (χ3v) is 4.72. The van der Waals surface area contributed by atoms with Crippen LogP contribution in [0.3, 0.4) is 0 Å². The van der Waals surface area contributed by atoms with Gasteiger partial charge in [-0.3, -0.25) is 9.78 Å². The Balaban J connectivity index is 1.45. The van der Waals surface area contributed by atoms with Crippen molar-refractivity contribution in [3.8, 4) is 5.69 Å². The van der Waals surface area contributed by atoms with E-state index < -0.39 is 0 Å². The molecule has 0 aliphatic heterocycles. The number of nitrogens with one attached hydrogen (secondary N) is 1. The highest BCUT2D eigenvalue weighted by Gasteiger charge is 2.11. The topological polar surface area (TPSA) is 72.7 Å². The van der Waals surface area contributed by atoms with E-state index in [-0.39, 0.29) is 18.3 Å². The molecule has 0 spiro atoms. The van der Waals surface area contributed by atoms with Crippen LogP contribution in [0.15, 0.2) is 55.0 Å². The van der Waals surface area contributed by atoms with Gasteiger partial charge in [-0.15, -0.1) is 16.4 Å². The molecule has 1 N–H and O–H groups in total. The minimum Gasteiger partial charge on any atom is -0.346 e. The average molecular weight is 353 g/mol. The summed E-state index contributed by atoms with van der Waals surface area (Å²) in [6.07, 6.45) is 5.08. The van der Waals surface area contributed by atoms with Gasteiger partial charge in [0.05, 0.1) is 23.3 Å². The molecule has 0 fully saturated rings. The first kappa shape index (κ1) is 15.4. The molecule has 4 aromatic rings. The van der Waals surface area contributed by atoms with E-state index in [9.17, 15) is 9.18 Å². The Morgan fingerprint density at radius 1 is 1.20 bits per heavy atom. The number of hydrogen-bond acceptors (Lipinski definition) is 5. The largest absolute Gasteiger partial charge is 0.346 e. The summed E-state index contributed by atoms with van der Waals surface area (Å²) in [6.45, 7) is 0.256. The molecular weight excluding hydrogens is 341 g/mol. The Kier molecular flexibility index (Phi) is 3.95. The second-order valence-electron chi connectivity index (χ2n) is 5.34. The summed E-state index contributed by atoms with van der Waals surface area (Å²) in [7, 11) is 0. The summed E-state index contributed by atoms with van der Waals surface area (Å²) >= 11 is 1.32. The molecule has 124 valence electrons. The summed E-state index contributed by atoms with van der Waals surface area (Å²) in [4.78, 5) is 16.8. The van der Waals surface area contributed by atoms with E-state index in [0.29, 0.717) is 10.6 Å². The zero-order valence-corrected chi connectivity index (χ0v) is 13.7. The van der Waals surface area contributed by atoms with Gasteiger partial charge in [-0.2, -0.15) is 0 Å². The van der Waals surface area contributed by atoms with Crippen LogP contribution in [0, 0.1) is 5.82 Å². The number of pyridine rings is 1. The third kappa shape index (κ3) is 3.24. The number of thiophene rings is 1. The van der Waals surface area contributed by atoms with Crippen molar-refractivity contribution in [1.29, 1.82) is 0 Å². The Bertz CT molecular complexity index is 1040. The molecule has 4 rings (SSSR count). The van der Waals surface area contributed by atoms with Crippen LogP contribution < -0.4 is 5.32 Å². The van der Waals surface area contributed by atoms with Crippen molar-refractivity contribution in [2.24, 2.45) is 0 Å². The van der Waals surface area contributed by atoms with Crippen LogP contribution in [0.25, 0.3) is 15.8 Å². The quantitative estimate of drug-likeness (QED) is 0.612. The molecule has 1 aromatic carbocycles. The Morgan fingerprint density at radius 2 is 2.04 bits per heavy atom. The van der Waals surface area contributed by atoms with Crippen molar-refractivity contribution >= 4 is 27.3 Å². The van der Waals surface area contributed by atoms with Crippen LogP contribution in [0.1, 0.15) is 15.4 Å². The van der Waals surface area contributed by atoms with E-state index in [2.05, 4.69) is 20.6 Å². The van der Waals surface area contributed by atoms with Crippen molar-refractivity contribution in [3.63, 3.8) is 0 Å². The molecule has 0 bridgehead atoms. The van der Waals surface area contributed by atoms with Crippen molar-refractivity contribution in [3.05, 3.63) is 71.4 Å². The fraction of sp³-hybridized carbons (Fsp3) is 0.0588. The number of fused-ring (bicyclic) bond motifs is 1. The van der Waals surface area contributed by atoms with Gasteiger partial charge in [0.25, 0.3) is 5.91 Å². The number of carbonyl (C=O) groups excluding carboxylic acids is 1. The van der Waals surface area contributed by atoms with Gasteiger partial charge in [0.15, 0.2) is 0 Å². The Hall–Kier alpha value is -3.13. The summed E-state index contributed by atoms with van der Waals surface area (Å²) in [5.41, 5.74) is 1.48.